The van der Waals surface area contributed by atoms with Gasteiger partial charge in [-0.15, -0.1) is 0 Å². The van der Waals surface area contributed by atoms with E-state index in [2.05, 4.69) is 6.58 Å². The van der Waals surface area contributed by atoms with Gasteiger partial charge in [-0.1, -0.05) is 18.7 Å². The number of hydrogen-bond acceptors (Lipinski definition) is 4. The average molecular weight is 334 g/mol. The van der Waals surface area contributed by atoms with Crippen LogP contribution in [-0.2, 0) is 20.7 Å². The van der Waals surface area contributed by atoms with Crippen molar-refractivity contribution in [2.24, 2.45) is 0 Å². The second kappa shape index (κ2) is 11.3. The number of carbonyl (C=O) groups is 2. The maximum atomic E-state index is 11.2. The van der Waals surface area contributed by atoms with E-state index in [1.165, 1.54) is 0 Å². The molecule has 5 heteroatoms. The number of carbonyl (C=O) groups excluding carboxylic acids is 1. The smallest absolute Gasteiger partial charge is 0.333 e. The highest BCUT2D eigenvalue weighted by atomic mass is 16.5. The maximum absolute atomic E-state index is 11.2. The number of aryl methyl sites for hydroxylation is 1. The summed E-state index contributed by atoms with van der Waals surface area (Å²) >= 11 is 0. The van der Waals surface area contributed by atoms with Crippen LogP contribution in [0, 0.1) is 0 Å². The SMILES string of the molecule is C=C(C)C(=O)OCCCCCCOc1ccc(CCC(=O)O)cc1. The van der Waals surface area contributed by atoms with Crippen molar-refractivity contribution < 1.29 is 24.2 Å². The molecule has 0 aliphatic carbocycles. The summed E-state index contributed by atoms with van der Waals surface area (Å²) in [4.78, 5) is 21.7. The van der Waals surface area contributed by atoms with Crippen molar-refractivity contribution in [3.63, 3.8) is 0 Å². The van der Waals surface area contributed by atoms with Gasteiger partial charge in [0.05, 0.1) is 13.2 Å². The molecule has 1 aromatic rings. The zero-order valence-electron chi connectivity index (χ0n) is 14.3. The Hall–Kier alpha value is -2.30. The lowest BCUT2D eigenvalue weighted by Gasteiger charge is -2.07. The molecule has 1 aromatic carbocycles. The van der Waals surface area contributed by atoms with E-state index in [1.807, 2.05) is 24.3 Å². The summed E-state index contributed by atoms with van der Waals surface area (Å²) in [5.41, 5.74) is 1.42. The second-order valence-electron chi connectivity index (χ2n) is 5.72. The lowest BCUT2D eigenvalue weighted by molar-refractivity contribution is -0.139. The van der Waals surface area contributed by atoms with Gasteiger partial charge in [-0.2, -0.15) is 0 Å². The van der Waals surface area contributed by atoms with Crippen molar-refractivity contribution in [1.82, 2.24) is 0 Å². The molecular weight excluding hydrogens is 308 g/mol. The Balaban J connectivity index is 2.06. The molecule has 132 valence electrons. The Morgan fingerprint density at radius 3 is 2.25 bits per heavy atom. The third kappa shape index (κ3) is 8.98. The van der Waals surface area contributed by atoms with Crippen LogP contribution < -0.4 is 4.74 Å². The summed E-state index contributed by atoms with van der Waals surface area (Å²) in [5.74, 6) is -0.320. The number of carboxylic acid groups (broad SMARTS) is 1. The molecule has 0 saturated heterocycles. The predicted molar refractivity (Wildman–Crippen MR) is 92.1 cm³/mol. The summed E-state index contributed by atoms with van der Waals surface area (Å²) in [7, 11) is 0. The fraction of sp³-hybridized carbons (Fsp3) is 0.474. The van der Waals surface area contributed by atoms with Crippen LogP contribution in [0.3, 0.4) is 0 Å². The van der Waals surface area contributed by atoms with Gasteiger partial charge in [0.2, 0.25) is 0 Å². The first-order valence-corrected chi connectivity index (χ1v) is 8.25. The molecule has 0 heterocycles. The lowest BCUT2D eigenvalue weighted by atomic mass is 10.1. The molecular formula is C19H26O5. The van der Waals surface area contributed by atoms with Gasteiger partial charge in [-0.3, -0.25) is 4.79 Å². The third-order valence-corrected chi connectivity index (χ3v) is 3.44. The lowest BCUT2D eigenvalue weighted by Crippen LogP contribution is -2.06. The number of benzene rings is 1. The molecule has 0 aliphatic rings. The molecule has 0 spiro atoms. The summed E-state index contributed by atoms with van der Waals surface area (Å²) in [5, 5.41) is 8.65. The molecule has 0 saturated carbocycles. The number of ether oxygens (including phenoxy) is 2. The van der Waals surface area contributed by atoms with Crippen LogP contribution in [0.5, 0.6) is 5.75 Å². The third-order valence-electron chi connectivity index (χ3n) is 3.44. The van der Waals surface area contributed by atoms with Crippen molar-refractivity contribution >= 4 is 11.9 Å². The van der Waals surface area contributed by atoms with Gasteiger partial charge < -0.3 is 14.6 Å². The van der Waals surface area contributed by atoms with Crippen molar-refractivity contribution in [1.29, 1.82) is 0 Å². The maximum Gasteiger partial charge on any atom is 0.333 e. The van der Waals surface area contributed by atoms with E-state index in [-0.39, 0.29) is 12.4 Å². The minimum Gasteiger partial charge on any atom is -0.494 e. The fourth-order valence-electron chi connectivity index (χ4n) is 2.04. The van der Waals surface area contributed by atoms with E-state index >= 15 is 0 Å². The molecule has 0 fully saturated rings. The Kier molecular flexibility index (Phi) is 9.27. The summed E-state index contributed by atoms with van der Waals surface area (Å²) in [6.45, 7) is 6.24. The van der Waals surface area contributed by atoms with Gasteiger partial charge in [0, 0.05) is 12.0 Å². The highest BCUT2D eigenvalue weighted by Crippen LogP contribution is 2.14. The van der Waals surface area contributed by atoms with Crippen LogP contribution in [0.2, 0.25) is 0 Å². The summed E-state index contributed by atoms with van der Waals surface area (Å²) < 4.78 is 10.7. The molecule has 24 heavy (non-hydrogen) atoms. The number of aliphatic carboxylic acids is 1. The minimum absolute atomic E-state index is 0.141. The largest absolute Gasteiger partial charge is 0.494 e. The molecule has 0 atom stereocenters. The highest BCUT2D eigenvalue weighted by molar-refractivity contribution is 5.86. The Morgan fingerprint density at radius 2 is 1.67 bits per heavy atom. The zero-order chi connectivity index (χ0) is 17.8. The van der Waals surface area contributed by atoms with Crippen molar-refractivity contribution in [2.75, 3.05) is 13.2 Å². The van der Waals surface area contributed by atoms with Crippen LogP contribution in [0.25, 0.3) is 0 Å². The first-order valence-electron chi connectivity index (χ1n) is 8.25. The van der Waals surface area contributed by atoms with Gasteiger partial charge in [-0.05, 0) is 56.7 Å². The quantitative estimate of drug-likeness (QED) is 0.358. The fourth-order valence-corrected chi connectivity index (χ4v) is 2.04. The molecule has 0 bridgehead atoms. The Morgan fingerprint density at radius 1 is 1.04 bits per heavy atom. The topological polar surface area (TPSA) is 72.8 Å². The summed E-state index contributed by atoms with van der Waals surface area (Å²) in [6, 6.07) is 7.53. The Bertz CT molecular complexity index is 533. The Labute approximate surface area is 143 Å². The van der Waals surface area contributed by atoms with Crippen LogP contribution >= 0.6 is 0 Å². The predicted octanol–water partition coefficient (Wildman–Crippen LogP) is 3.76. The van der Waals surface area contributed by atoms with Crippen LogP contribution in [0.1, 0.15) is 44.6 Å². The highest BCUT2D eigenvalue weighted by Gasteiger charge is 2.02. The minimum atomic E-state index is -0.787. The van der Waals surface area contributed by atoms with Crippen LogP contribution in [0.15, 0.2) is 36.4 Å². The first kappa shape index (κ1) is 19.7. The molecule has 1 rings (SSSR count). The van der Waals surface area contributed by atoms with Crippen LogP contribution in [-0.4, -0.2) is 30.3 Å². The van der Waals surface area contributed by atoms with Gasteiger partial charge in [0.25, 0.3) is 0 Å². The van der Waals surface area contributed by atoms with Gasteiger partial charge >= 0.3 is 11.9 Å². The number of carboxylic acids is 1. The van der Waals surface area contributed by atoms with Gasteiger partial charge in [-0.25, -0.2) is 4.79 Å². The number of unbranched alkanes of at least 4 members (excludes halogenated alkanes) is 3. The second-order valence-corrected chi connectivity index (χ2v) is 5.72. The molecule has 1 N–H and O–H groups in total. The van der Waals surface area contributed by atoms with E-state index < -0.39 is 5.97 Å². The molecule has 0 amide bonds. The van der Waals surface area contributed by atoms with E-state index in [4.69, 9.17) is 14.6 Å². The van der Waals surface area contributed by atoms with Gasteiger partial charge in [0.1, 0.15) is 5.75 Å². The normalized spacial score (nSPS) is 10.2. The van der Waals surface area contributed by atoms with Gasteiger partial charge in [0.15, 0.2) is 0 Å². The molecule has 0 aliphatic heterocycles. The van der Waals surface area contributed by atoms with E-state index in [0.29, 0.717) is 25.2 Å². The monoisotopic (exact) mass is 334 g/mol. The standard InChI is InChI=1S/C19H26O5/c1-15(2)19(22)24-14-6-4-3-5-13-23-17-10-7-16(8-11-17)9-12-18(20)21/h7-8,10-11H,1,3-6,9,12-14H2,2H3,(H,20,21). The first-order chi connectivity index (χ1) is 11.5. The van der Waals surface area contributed by atoms with Crippen LogP contribution in [0.4, 0.5) is 0 Å². The molecule has 0 unspecified atom stereocenters. The molecule has 5 nitrogen and oxygen atoms in total. The number of rotatable bonds is 12. The molecule has 0 radical (unpaired) electrons. The summed E-state index contributed by atoms with van der Waals surface area (Å²) in [6.07, 6.45) is 4.46. The molecule has 0 aromatic heterocycles. The van der Waals surface area contributed by atoms with Crippen molar-refractivity contribution in [3.05, 3.63) is 42.0 Å². The van der Waals surface area contributed by atoms with E-state index in [0.717, 1.165) is 37.0 Å². The van der Waals surface area contributed by atoms with E-state index in [9.17, 15) is 9.59 Å². The van der Waals surface area contributed by atoms with Crippen molar-refractivity contribution in [2.45, 2.75) is 45.4 Å². The zero-order valence-corrected chi connectivity index (χ0v) is 14.3. The van der Waals surface area contributed by atoms with E-state index in [1.54, 1.807) is 6.92 Å². The average Bonchev–Trinajstić information content (AvgIpc) is 2.56. The van der Waals surface area contributed by atoms with Crippen molar-refractivity contribution in [3.8, 4) is 5.75 Å². The number of esters is 1. The number of hydrogen-bond donors (Lipinski definition) is 1.